The minimum absolute atomic E-state index is 0.0343. The fourth-order valence-corrected chi connectivity index (χ4v) is 6.78. The third kappa shape index (κ3) is 5.59. The van der Waals surface area contributed by atoms with Crippen molar-refractivity contribution in [3.63, 3.8) is 0 Å². The molecule has 3 heteroatoms. The smallest absolute Gasteiger partial charge is 0.0645 e. The third-order valence-corrected chi connectivity index (χ3v) is 9.23. The Morgan fingerprint density at radius 3 is 1.51 bits per heavy atom. The summed E-state index contributed by atoms with van der Waals surface area (Å²) in [4.78, 5) is 3.42. The van der Waals surface area contributed by atoms with Crippen LogP contribution in [0, 0.1) is 13.8 Å². The molecule has 3 nitrogen and oxygen atoms in total. The molecule has 0 aliphatic carbocycles. The molecule has 9 aromatic rings. The summed E-state index contributed by atoms with van der Waals surface area (Å²) in [6.07, 6.45) is 0. The van der Waals surface area contributed by atoms with Crippen LogP contribution < -0.4 is 9.80 Å². The molecule has 1 aromatic heterocycles. The molecule has 0 atom stereocenters. The Balaban J connectivity index is 1.31. The molecule has 9 rings (SSSR count). The Morgan fingerprint density at radius 1 is 0.412 bits per heavy atom. The van der Waals surface area contributed by atoms with Crippen molar-refractivity contribution in [2.75, 3.05) is 9.80 Å². The van der Waals surface area contributed by atoms with Crippen molar-refractivity contribution in [3.8, 4) is 5.69 Å². The SMILES string of the molecule is [2H]c1c([2H])c([2H])c(N(c2ccc(C)cc2)c2ccc3cc4c5ccc(N(c6ccc(C)cc6)c6c([2H])c([2H])c([2H])c([2H])c6[2H])cc5n(-c5ccccc5)c4cc3c2)c([2H])c1[2H]. The van der Waals surface area contributed by atoms with E-state index in [1.165, 1.54) is 0 Å². The summed E-state index contributed by atoms with van der Waals surface area (Å²) in [5, 5.41) is 3.64. The van der Waals surface area contributed by atoms with Crippen LogP contribution in [0.5, 0.6) is 0 Å². The number of hydrogen-bond donors (Lipinski definition) is 0. The van der Waals surface area contributed by atoms with Crippen LogP contribution in [0.25, 0.3) is 38.3 Å². The van der Waals surface area contributed by atoms with E-state index in [9.17, 15) is 0 Å². The maximum Gasteiger partial charge on any atom is 0.0645 e. The van der Waals surface area contributed by atoms with Crippen molar-refractivity contribution in [2.24, 2.45) is 0 Å². The first-order chi connectivity index (χ1) is 29.2. The molecule has 51 heavy (non-hydrogen) atoms. The quantitative estimate of drug-likeness (QED) is 0.168. The van der Waals surface area contributed by atoms with E-state index >= 15 is 0 Å². The topological polar surface area (TPSA) is 11.4 Å². The molecular formula is C48H37N3. The van der Waals surface area contributed by atoms with Gasteiger partial charge < -0.3 is 14.4 Å². The largest absolute Gasteiger partial charge is 0.310 e. The summed E-state index contributed by atoms with van der Waals surface area (Å²) in [6, 6.07) is 37.1. The highest BCUT2D eigenvalue weighted by Gasteiger charge is 2.19. The summed E-state index contributed by atoms with van der Waals surface area (Å²) in [5.41, 5.74) is 7.12. The number of aromatic nitrogens is 1. The van der Waals surface area contributed by atoms with Gasteiger partial charge in [0.1, 0.15) is 0 Å². The zero-order valence-electron chi connectivity index (χ0n) is 38.0. The van der Waals surface area contributed by atoms with Crippen molar-refractivity contribution in [2.45, 2.75) is 13.8 Å². The first-order valence-electron chi connectivity index (χ1n) is 21.7. The van der Waals surface area contributed by atoms with Crippen LogP contribution in [-0.4, -0.2) is 4.57 Å². The number of hydrogen-bond acceptors (Lipinski definition) is 2. The van der Waals surface area contributed by atoms with Gasteiger partial charge in [-0.2, -0.15) is 0 Å². The molecule has 0 aliphatic rings. The monoisotopic (exact) mass is 665 g/mol. The predicted molar refractivity (Wildman–Crippen MR) is 217 cm³/mol. The maximum atomic E-state index is 8.97. The molecule has 0 unspecified atom stereocenters. The first kappa shape index (κ1) is 21.5. The summed E-state index contributed by atoms with van der Waals surface area (Å²) in [6.45, 7) is 3.93. The molecule has 0 spiro atoms. The molecule has 8 aromatic carbocycles. The molecule has 0 fully saturated rings. The Bertz CT molecular complexity index is 3160. The lowest BCUT2D eigenvalue weighted by atomic mass is 10.0. The fourth-order valence-electron chi connectivity index (χ4n) is 6.78. The van der Waals surface area contributed by atoms with Crippen molar-refractivity contribution >= 4 is 66.7 Å². The lowest BCUT2D eigenvalue weighted by Crippen LogP contribution is -2.10. The molecule has 244 valence electrons. The zero-order chi connectivity index (χ0) is 43.0. The van der Waals surface area contributed by atoms with Gasteiger partial charge in [-0.3, -0.25) is 0 Å². The van der Waals surface area contributed by atoms with Gasteiger partial charge in [-0.25, -0.2) is 0 Å². The van der Waals surface area contributed by atoms with E-state index < -0.39 is 36.3 Å². The van der Waals surface area contributed by atoms with Crippen molar-refractivity contribution in [1.29, 1.82) is 0 Å². The number of fused-ring (bicyclic) bond motifs is 4. The standard InChI is InChI=1S/C48H37N3/c1-34-18-23-41(24-19-34)49(38-12-6-3-7-13-38)43-27-22-36-31-46-45-29-28-44(50(39-14-8-4-9-15-39)42-25-20-35(2)21-26-42)33-48(45)51(40-16-10-5-11-17-40)47(46)32-37(36)30-43/h3-33H,1-2H3/i3D,4D,6D,7D,8D,9D,12D,13D,14D,15D. The number of aryl methyl sites for hydroxylation is 2. The molecule has 0 saturated carbocycles. The number of anilines is 6. The Labute approximate surface area is 312 Å². The fraction of sp³-hybridized carbons (Fsp3) is 0.0417. The van der Waals surface area contributed by atoms with Gasteiger partial charge in [-0.05, 0) is 122 Å². The highest BCUT2D eigenvalue weighted by atomic mass is 15.1. The summed E-state index contributed by atoms with van der Waals surface area (Å²) >= 11 is 0. The normalized spacial score (nSPS) is 14.1. The van der Waals surface area contributed by atoms with Crippen LogP contribution in [0.2, 0.25) is 0 Å². The molecule has 0 radical (unpaired) electrons. The number of rotatable bonds is 7. The minimum atomic E-state index is -0.465. The van der Waals surface area contributed by atoms with Crippen LogP contribution in [0.1, 0.15) is 24.8 Å². The van der Waals surface area contributed by atoms with Crippen molar-refractivity contribution in [3.05, 3.63) is 199 Å². The number of para-hydroxylation sites is 3. The Morgan fingerprint density at radius 2 is 0.922 bits per heavy atom. The lowest BCUT2D eigenvalue weighted by molar-refractivity contribution is 1.18. The Hall–Kier alpha value is -6.58. The van der Waals surface area contributed by atoms with Crippen LogP contribution in [0.15, 0.2) is 188 Å². The summed E-state index contributed by atoms with van der Waals surface area (Å²) in [7, 11) is 0. The van der Waals surface area contributed by atoms with Gasteiger partial charge >= 0.3 is 0 Å². The van der Waals surface area contributed by atoms with Gasteiger partial charge in [0.25, 0.3) is 0 Å². The second-order valence-corrected chi connectivity index (χ2v) is 12.6. The third-order valence-electron chi connectivity index (χ3n) is 9.23. The highest BCUT2D eigenvalue weighted by Crippen LogP contribution is 2.42. The van der Waals surface area contributed by atoms with Crippen LogP contribution in [0.4, 0.5) is 34.1 Å². The highest BCUT2D eigenvalue weighted by molar-refractivity contribution is 6.14. The summed E-state index contributed by atoms with van der Waals surface area (Å²) < 4.78 is 88.4. The van der Waals surface area contributed by atoms with Gasteiger partial charge in [-0.15, -0.1) is 0 Å². The second-order valence-electron chi connectivity index (χ2n) is 12.6. The first-order valence-corrected chi connectivity index (χ1v) is 16.7. The molecule has 0 saturated heterocycles. The maximum absolute atomic E-state index is 8.97. The summed E-state index contributed by atoms with van der Waals surface area (Å²) in [5.74, 6) is 0. The predicted octanol–water partition coefficient (Wildman–Crippen LogP) is 13.5. The average molecular weight is 666 g/mol. The van der Waals surface area contributed by atoms with Crippen molar-refractivity contribution in [1.82, 2.24) is 4.57 Å². The van der Waals surface area contributed by atoms with Gasteiger partial charge in [0.15, 0.2) is 0 Å². The average Bonchev–Trinajstić information content (AvgIpc) is 3.58. The molecule has 0 N–H and O–H groups in total. The molecule has 1 heterocycles. The van der Waals surface area contributed by atoms with Gasteiger partial charge in [0.05, 0.1) is 24.7 Å². The van der Waals surface area contributed by atoms with E-state index in [0.29, 0.717) is 22.7 Å². The van der Waals surface area contributed by atoms with Gasteiger partial charge in [0.2, 0.25) is 0 Å². The van der Waals surface area contributed by atoms with E-state index in [1.807, 2.05) is 129 Å². The van der Waals surface area contributed by atoms with E-state index in [-0.39, 0.29) is 35.5 Å². The Kier molecular flexibility index (Phi) is 5.35. The van der Waals surface area contributed by atoms with Crippen LogP contribution in [-0.2, 0) is 0 Å². The van der Waals surface area contributed by atoms with E-state index in [0.717, 1.165) is 49.4 Å². The molecule has 0 bridgehead atoms. The molecular weight excluding hydrogens is 619 g/mol. The second kappa shape index (κ2) is 12.7. The lowest BCUT2D eigenvalue weighted by Gasteiger charge is -2.26. The van der Waals surface area contributed by atoms with Gasteiger partial charge in [-0.1, -0.05) is 102 Å². The number of benzene rings is 8. The molecule has 0 amide bonds. The van der Waals surface area contributed by atoms with E-state index in [4.69, 9.17) is 13.7 Å². The number of nitrogens with zero attached hydrogens (tertiary/aromatic N) is 3. The van der Waals surface area contributed by atoms with Crippen LogP contribution >= 0.6 is 0 Å². The minimum Gasteiger partial charge on any atom is -0.310 e. The van der Waals surface area contributed by atoms with E-state index in [2.05, 4.69) is 16.7 Å². The molecule has 0 aliphatic heterocycles. The van der Waals surface area contributed by atoms with Gasteiger partial charge in [0, 0.05) is 50.6 Å². The van der Waals surface area contributed by atoms with Crippen LogP contribution in [0.3, 0.4) is 0 Å². The zero-order valence-corrected chi connectivity index (χ0v) is 28.0. The van der Waals surface area contributed by atoms with E-state index in [1.54, 1.807) is 9.80 Å². The van der Waals surface area contributed by atoms with Crippen molar-refractivity contribution < 1.29 is 13.7 Å².